The van der Waals surface area contributed by atoms with Crippen LogP contribution in [0.4, 0.5) is 13.2 Å². The lowest BCUT2D eigenvalue weighted by Gasteiger charge is -2.19. The van der Waals surface area contributed by atoms with Gasteiger partial charge in [-0.2, -0.15) is 18.4 Å². The van der Waals surface area contributed by atoms with Crippen LogP contribution in [0.3, 0.4) is 0 Å². The summed E-state index contributed by atoms with van der Waals surface area (Å²) in [7, 11) is 0. The molecular weight excluding hydrogens is 768 g/mol. The fourth-order valence-electron chi connectivity index (χ4n) is 10.8. The maximum atomic E-state index is 14.0. The van der Waals surface area contributed by atoms with Gasteiger partial charge in [-0.25, -0.2) is 0 Å². The van der Waals surface area contributed by atoms with Gasteiger partial charge in [-0.3, -0.25) is 0 Å². The van der Waals surface area contributed by atoms with Crippen LogP contribution in [0.1, 0.15) is 22.3 Å². The fraction of sp³-hybridized carbons (Fsp3) is 0.0517. The van der Waals surface area contributed by atoms with Crippen LogP contribution in [0.25, 0.3) is 120 Å². The van der Waals surface area contributed by atoms with Crippen molar-refractivity contribution in [3.05, 3.63) is 192 Å². The molecule has 0 aromatic heterocycles. The average molecular weight is 802 g/mol. The SMILES string of the molecule is Cc1cc(-c2ccc(C#N)c(C(F)(F)F)c2)cc(C)c1-c1ccc2c3c(-c4ccccc4)c4cc5c6ccccc6c6cccc(c4c(-c4ccccc4)c3c3cccc1c23)c65. The predicted molar refractivity (Wildman–Crippen MR) is 252 cm³/mol. The Kier molecular flexibility index (Phi) is 7.65. The molecule has 0 saturated carbocycles. The van der Waals surface area contributed by atoms with E-state index in [0.717, 1.165) is 44.8 Å². The van der Waals surface area contributed by atoms with E-state index in [1.165, 1.54) is 87.2 Å². The summed E-state index contributed by atoms with van der Waals surface area (Å²) in [6.45, 7) is 4.07. The molecule has 0 bridgehead atoms. The Balaban J connectivity index is 1.21. The minimum absolute atomic E-state index is 0.383. The standard InChI is InChI=1S/C58H34F3N/c1-32-27-38(36-23-24-37(31-62)49(29-36)58(59,60)61)28-33(2)50(32)43-25-26-46-53-42(43)20-12-22-45(53)57-52(35-15-7-4-8-16-35)55-44-21-11-19-41-39-17-9-10-18-40(39)47(54(41)44)30-48(55)51(56(46)57)34-13-5-3-6-14-34/h3-30H,1-2H3. The van der Waals surface area contributed by atoms with Crippen molar-refractivity contribution in [2.45, 2.75) is 20.0 Å². The lowest BCUT2D eigenvalue weighted by molar-refractivity contribution is -0.137. The van der Waals surface area contributed by atoms with Crippen LogP contribution >= 0.6 is 0 Å². The van der Waals surface area contributed by atoms with Gasteiger partial charge in [0.05, 0.1) is 17.2 Å². The van der Waals surface area contributed by atoms with E-state index in [-0.39, 0.29) is 5.56 Å². The van der Waals surface area contributed by atoms with Crippen molar-refractivity contribution in [2.75, 3.05) is 0 Å². The fourth-order valence-corrected chi connectivity index (χ4v) is 10.8. The first-order valence-corrected chi connectivity index (χ1v) is 20.8. The molecule has 0 amide bonds. The zero-order valence-electron chi connectivity index (χ0n) is 33.7. The number of nitrogens with zero attached hydrogens (tertiary/aromatic N) is 1. The summed E-state index contributed by atoms with van der Waals surface area (Å²) in [6, 6.07) is 60.4. The average Bonchev–Trinajstić information content (AvgIpc) is 3.80. The number of hydrogen-bond donors (Lipinski definition) is 0. The van der Waals surface area contributed by atoms with E-state index in [4.69, 9.17) is 0 Å². The molecule has 292 valence electrons. The minimum atomic E-state index is -4.64. The molecule has 4 heteroatoms. The molecule has 0 aliphatic carbocycles. The summed E-state index contributed by atoms with van der Waals surface area (Å²) in [5.74, 6) is 0. The second-order valence-corrected chi connectivity index (χ2v) is 16.6. The molecule has 0 aliphatic rings. The van der Waals surface area contributed by atoms with Gasteiger partial charge in [0.25, 0.3) is 0 Å². The lowest BCUT2D eigenvalue weighted by Crippen LogP contribution is -2.08. The Morgan fingerprint density at radius 3 is 1.56 bits per heavy atom. The molecule has 0 saturated heterocycles. The van der Waals surface area contributed by atoms with Crippen molar-refractivity contribution in [3.63, 3.8) is 0 Å². The molecule has 0 fully saturated rings. The number of benzene rings is 10. The highest BCUT2D eigenvalue weighted by Crippen LogP contribution is 2.55. The number of hydrogen-bond acceptors (Lipinski definition) is 1. The maximum absolute atomic E-state index is 14.0. The predicted octanol–water partition coefficient (Wildman–Crippen LogP) is 16.8. The molecule has 0 N–H and O–H groups in total. The molecular formula is C58H34F3N. The van der Waals surface area contributed by atoms with Crippen LogP contribution in [0.5, 0.6) is 0 Å². The van der Waals surface area contributed by atoms with Crippen LogP contribution in [0.2, 0.25) is 0 Å². The van der Waals surface area contributed by atoms with Crippen molar-refractivity contribution >= 4 is 75.4 Å². The van der Waals surface area contributed by atoms with E-state index in [1.807, 2.05) is 26.0 Å². The van der Waals surface area contributed by atoms with E-state index >= 15 is 0 Å². The number of halogens is 3. The molecule has 0 heterocycles. The Morgan fingerprint density at radius 1 is 0.371 bits per heavy atom. The highest BCUT2D eigenvalue weighted by Gasteiger charge is 2.34. The quantitative estimate of drug-likeness (QED) is 0.163. The molecule has 1 nitrogen and oxygen atoms in total. The van der Waals surface area contributed by atoms with Gasteiger partial charge >= 0.3 is 6.18 Å². The third-order valence-electron chi connectivity index (χ3n) is 13.2. The van der Waals surface area contributed by atoms with Gasteiger partial charge in [0, 0.05) is 0 Å². The van der Waals surface area contributed by atoms with Gasteiger partial charge in [-0.05, 0) is 163 Å². The molecule has 12 aromatic rings. The number of alkyl halides is 3. The molecule has 0 radical (unpaired) electrons. The minimum Gasteiger partial charge on any atom is -0.192 e. The third kappa shape index (κ3) is 5.03. The van der Waals surface area contributed by atoms with Crippen LogP contribution in [0.15, 0.2) is 170 Å². The maximum Gasteiger partial charge on any atom is 0.417 e. The number of aryl methyl sites for hydroxylation is 2. The van der Waals surface area contributed by atoms with Gasteiger partial charge in [0.15, 0.2) is 0 Å². The Labute approximate surface area is 355 Å². The third-order valence-corrected chi connectivity index (χ3v) is 13.2. The van der Waals surface area contributed by atoms with E-state index < -0.39 is 11.7 Å². The second-order valence-electron chi connectivity index (χ2n) is 16.6. The first-order chi connectivity index (χ1) is 30.2. The molecule has 0 atom stereocenters. The van der Waals surface area contributed by atoms with Crippen LogP contribution < -0.4 is 0 Å². The summed E-state index contributed by atoms with van der Waals surface area (Å²) in [5, 5.41) is 26.6. The first kappa shape index (κ1) is 36.1. The topological polar surface area (TPSA) is 23.8 Å². The number of nitriles is 1. The highest BCUT2D eigenvalue weighted by atomic mass is 19.4. The monoisotopic (exact) mass is 801 g/mol. The van der Waals surface area contributed by atoms with Gasteiger partial charge in [0.1, 0.15) is 0 Å². The largest absolute Gasteiger partial charge is 0.417 e. The number of fused-ring (bicyclic) bond motifs is 8. The normalized spacial score (nSPS) is 12.3. The zero-order chi connectivity index (χ0) is 42.0. The Morgan fingerprint density at radius 2 is 0.903 bits per heavy atom. The van der Waals surface area contributed by atoms with E-state index in [1.54, 1.807) is 12.1 Å². The summed E-state index contributed by atoms with van der Waals surface area (Å²) in [4.78, 5) is 0. The van der Waals surface area contributed by atoms with Crippen molar-refractivity contribution in [1.29, 1.82) is 5.26 Å². The Bertz CT molecular complexity index is 3830. The van der Waals surface area contributed by atoms with Crippen LogP contribution in [-0.2, 0) is 6.18 Å². The van der Waals surface area contributed by atoms with E-state index in [0.29, 0.717) is 11.1 Å². The van der Waals surface area contributed by atoms with Gasteiger partial charge in [0.2, 0.25) is 0 Å². The molecule has 62 heavy (non-hydrogen) atoms. The lowest BCUT2D eigenvalue weighted by atomic mass is 9.84. The molecule has 0 unspecified atom stereocenters. The molecule has 12 rings (SSSR count). The van der Waals surface area contributed by atoms with Gasteiger partial charge in [-0.1, -0.05) is 152 Å². The summed E-state index contributed by atoms with van der Waals surface area (Å²) >= 11 is 0. The highest BCUT2D eigenvalue weighted by molar-refractivity contribution is 6.45. The van der Waals surface area contributed by atoms with Crippen molar-refractivity contribution < 1.29 is 13.2 Å². The summed E-state index contributed by atoms with van der Waals surface area (Å²) in [5.41, 5.74) is 8.59. The smallest absolute Gasteiger partial charge is 0.192 e. The molecule has 12 aromatic carbocycles. The zero-order valence-corrected chi connectivity index (χ0v) is 33.7. The van der Waals surface area contributed by atoms with Gasteiger partial charge < -0.3 is 0 Å². The van der Waals surface area contributed by atoms with Gasteiger partial charge in [-0.15, -0.1) is 0 Å². The van der Waals surface area contributed by atoms with Crippen LogP contribution in [0, 0.1) is 25.2 Å². The van der Waals surface area contributed by atoms with Crippen molar-refractivity contribution in [3.8, 4) is 50.6 Å². The van der Waals surface area contributed by atoms with Crippen molar-refractivity contribution in [1.82, 2.24) is 0 Å². The summed E-state index contributed by atoms with van der Waals surface area (Å²) in [6.07, 6.45) is -4.64. The molecule has 0 spiro atoms. The number of rotatable bonds is 4. The second kappa shape index (κ2) is 13.1. The van der Waals surface area contributed by atoms with E-state index in [2.05, 4.69) is 140 Å². The van der Waals surface area contributed by atoms with E-state index in [9.17, 15) is 18.4 Å². The Hall–Kier alpha value is -7.74. The van der Waals surface area contributed by atoms with Crippen molar-refractivity contribution in [2.24, 2.45) is 0 Å². The summed E-state index contributed by atoms with van der Waals surface area (Å²) < 4.78 is 42.1. The molecule has 0 aliphatic heterocycles. The van der Waals surface area contributed by atoms with Crippen LogP contribution in [-0.4, -0.2) is 0 Å². The first-order valence-electron chi connectivity index (χ1n) is 20.8.